The molecule has 0 spiro atoms. The van der Waals surface area contributed by atoms with Crippen LogP contribution in [0.2, 0.25) is 0 Å². The number of para-hydroxylation sites is 2. The zero-order chi connectivity index (χ0) is 20.3. The standard InChI is InChI=1S/C19H19NO7S/c1-12(18(21)13-7-9-14(10-8-13)20-28(2,23)24)26-19(22)17-11-25-15-5-3-4-6-16(15)27-17/h3-10,12,17,20H,11H2,1-2H3/t12-,17+/m0/s1. The molecule has 2 aromatic rings. The molecule has 0 saturated carbocycles. The van der Waals surface area contributed by atoms with Crippen LogP contribution in [-0.2, 0) is 19.6 Å². The topological polar surface area (TPSA) is 108 Å². The zero-order valence-corrected chi connectivity index (χ0v) is 16.1. The summed E-state index contributed by atoms with van der Waals surface area (Å²) in [7, 11) is -3.41. The lowest BCUT2D eigenvalue weighted by atomic mass is 10.1. The lowest BCUT2D eigenvalue weighted by Crippen LogP contribution is -2.40. The van der Waals surface area contributed by atoms with Crippen LogP contribution in [0.4, 0.5) is 5.69 Å². The van der Waals surface area contributed by atoms with Crippen molar-refractivity contribution in [2.75, 3.05) is 17.6 Å². The van der Waals surface area contributed by atoms with Crippen LogP contribution >= 0.6 is 0 Å². The summed E-state index contributed by atoms with van der Waals surface area (Å²) in [5.74, 6) is -0.149. The largest absolute Gasteiger partial charge is 0.485 e. The predicted molar refractivity (Wildman–Crippen MR) is 101 cm³/mol. The Labute approximate surface area is 162 Å². The molecular weight excluding hydrogens is 386 g/mol. The normalized spacial score (nSPS) is 16.7. The van der Waals surface area contributed by atoms with Gasteiger partial charge < -0.3 is 14.2 Å². The molecule has 0 bridgehead atoms. The Morgan fingerprint density at radius 1 is 1.11 bits per heavy atom. The molecule has 1 heterocycles. The van der Waals surface area contributed by atoms with Crippen molar-refractivity contribution in [3.05, 3.63) is 54.1 Å². The Morgan fingerprint density at radius 2 is 1.75 bits per heavy atom. The number of ether oxygens (including phenoxy) is 3. The lowest BCUT2D eigenvalue weighted by Gasteiger charge is -2.25. The summed E-state index contributed by atoms with van der Waals surface area (Å²) < 4.78 is 41.0. The number of anilines is 1. The Balaban J connectivity index is 1.60. The number of ketones is 1. The van der Waals surface area contributed by atoms with Crippen molar-refractivity contribution in [2.24, 2.45) is 0 Å². The molecule has 9 heteroatoms. The van der Waals surface area contributed by atoms with Gasteiger partial charge in [0.2, 0.25) is 21.9 Å². The minimum atomic E-state index is -3.41. The highest BCUT2D eigenvalue weighted by atomic mass is 32.2. The predicted octanol–water partition coefficient (Wildman–Crippen LogP) is 2.01. The second kappa shape index (κ2) is 7.89. The third-order valence-corrected chi connectivity index (χ3v) is 4.51. The van der Waals surface area contributed by atoms with E-state index >= 15 is 0 Å². The van der Waals surface area contributed by atoms with Crippen LogP contribution in [0.1, 0.15) is 17.3 Å². The molecule has 0 saturated heterocycles. The number of rotatable bonds is 6. The van der Waals surface area contributed by atoms with E-state index in [0.717, 1.165) is 6.26 Å². The monoisotopic (exact) mass is 405 g/mol. The summed E-state index contributed by atoms with van der Waals surface area (Å²) in [6, 6.07) is 12.8. The second-order valence-corrected chi connectivity index (χ2v) is 8.01. The van der Waals surface area contributed by atoms with Gasteiger partial charge in [0.05, 0.1) is 6.26 Å². The van der Waals surface area contributed by atoms with Gasteiger partial charge in [0.1, 0.15) is 6.61 Å². The van der Waals surface area contributed by atoms with Gasteiger partial charge in [-0.25, -0.2) is 13.2 Å². The van der Waals surface area contributed by atoms with Crippen molar-refractivity contribution >= 4 is 27.5 Å². The number of carbonyl (C=O) groups is 2. The van der Waals surface area contributed by atoms with Gasteiger partial charge >= 0.3 is 5.97 Å². The minimum Gasteiger partial charge on any atom is -0.485 e. The van der Waals surface area contributed by atoms with Crippen LogP contribution in [0, 0.1) is 0 Å². The second-order valence-electron chi connectivity index (χ2n) is 6.26. The van der Waals surface area contributed by atoms with Crippen LogP contribution in [0.3, 0.4) is 0 Å². The highest BCUT2D eigenvalue weighted by Gasteiger charge is 2.31. The summed E-state index contributed by atoms with van der Waals surface area (Å²) in [5, 5.41) is 0. The minimum absolute atomic E-state index is 0.0113. The molecule has 0 unspecified atom stereocenters. The molecule has 8 nitrogen and oxygen atoms in total. The summed E-state index contributed by atoms with van der Waals surface area (Å²) >= 11 is 0. The summed E-state index contributed by atoms with van der Waals surface area (Å²) in [6.45, 7) is 1.45. The Kier molecular flexibility index (Phi) is 5.55. The molecule has 0 aliphatic carbocycles. The Hall–Kier alpha value is -3.07. The fourth-order valence-corrected chi connectivity index (χ4v) is 3.15. The molecule has 1 aliphatic heterocycles. The number of sulfonamides is 1. The van der Waals surface area contributed by atoms with E-state index < -0.39 is 34.0 Å². The van der Waals surface area contributed by atoms with Crippen LogP contribution in [0.5, 0.6) is 11.5 Å². The molecule has 1 N–H and O–H groups in total. The average Bonchev–Trinajstić information content (AvgIpc) is 2.66. The first-order chi connectivity index (χ1) is 13.2. The van der Waals surface area contributed by atoms with Crippen molar-refractivity contribution < 1.29 is 32.2 Å². The molecule has 2 aromatic carbocycles. The van der Waals surface area contributed by atoms with Crippen LogP contribution in [-0.4, -0.2) is 45.2 Å². The molecule has 0 radical (unpaired) electrons. The molecule has 148 valence electrons. The Morgan fingerprint density at radius 3 is 2.39 bits per heavy atom. The maximum atomic E-state index is 12.5. The number of carbonyl (C=O) groups excluding carboxylic acids is 2. The van der Waals surface area contributed by atoms with Gasteiger partial charge in [-0.1, -0.05) is 12.1 Å². The molecule has 1 aliphatic rings. The maximum Gasteiger partial charge on any atom is 0.351 e. The summed E-state index contributed by atoms with van der Waals surface area (Å²) in [6.07, 6.45) is -0.975. The number of hydrogen-bond acceptors (Lipinski definition) is 7. The van der Waals surface area contributed by atoms with Crippen molar-refractivity contribution in [1.29, 1.82) is 0 Å². The molecule has 0 aromatic heterocycles. The first-order valence-corrected chi connectivity index (χ1v) is 10.3. The van der Waals surface area contributed by atoms with Crippen molar-refractivity contribution in [3.63, 3.8) is 0 Å². The van der Waals surface area contributed by atoms with Gasteiger partial charge in [0.15, 0.2) is 17.6 Å². The number of hydrogen-bond donors (Lipinski definition) is 1. The fraction of sp³-hybridized carbons (Fsp3) is 0.263. The first-order valence-electron chi connectivity index (χ1n) is 8.44. The van der Waals surface area contributed by atoms with E-state index in [1.807, 2.05) is 0 Å². The van der Waals surface area contributed by atoms with Crippen LogP contribution in [0.15, 0.2) is 48.5 Å². The highest BCUT2D eigenvalue weighted by Crippen LogP contribution is 2.31. The number of Topliss-reactive ketones (excluding diaryl/α,β-unsaturated/α-hetero) is 1. The highest BCUT2D eigenvalue weighted by molar-refractivity contribution is 7.92. The lowest BCUT2D eigenvalue weighted by molar-refractivity contribution is -0.157. The van der Waals surface area contributed by atoms with E-state index in [1.54, 1.807) is 24.3 Å². The molecular formula is C19H19NO7S. The van der Waals surface area contributed by atoms with Gasteiger partial charge in [-0.15, -0.1) is 0 Å². The smallest absolute Gasteiger partial charge is 0.351 e. The van der Waals surface area contributed by atoms with Gasteiger partial charge in [-0.05, 0) is 43.3 Å². The molecule has 3 rings (SSSR count). The van der Waals surface area contributed by atoms with Gasteiger partial charge in [-0.3, -0.25) is 9.52 Å². The van der Waals surface area contributed by atoms with E-state index in [4.69, 9.17) is 14.2 Å². The van der Waals surface area contributed by atoms with Gasteiger partial charge in [-0.2, -0.15) is 0 Å². The quantitative estimate of drug-likeness (QED) is 0.578. The van der Waals surface area contributed by atoms with E-state index in [-0.39, 0.29) is 12.2 Å². The third kappa shape index (κ3) is 4.80. The number of fused-ring (bicyclic) bond motifs is 1. The van der Waals surface area contributed by atoms with Crippen LogP contribution < -0.4 is 14.2 Å². The fourth-order valence-electron chi connectivity index (χ4n) is 2.59. The third-order valence-electron chi connectivity index (χ3n) is 3.91. The van der Waals surface area contributed by atoms with E-state index in [0.29, 0.717) is 17.2 Å². The van der Waals surface area contributed by atoms with Gasteiger partial charge in [0.25, 0.3) is 0 Å². The van der Waals surface area contributed by atoms with E-state index in [1.165, 1.54) is 31.2 Å². The van der Waals surface area contributed by atoms with Crippen molar-refractivity contribution in [3.8, 4) is 11.5 Å². The van der Waals surface area contributed by atoms with Gasteiger partial charge in [0, 0.05) is 11.3 Å². The molecule has 0 amide bonds. The number of nitrogens with one attached hydrogen (secondary N) is 1. The van der Waals surface area contributed by atoms with Crippen LogP contribution in [0.25, 0.3) is 0 Å². The molecule has 28 heavy (non-hydrogen) atoms. The first kappa shape index (κ1) is 19.7. The summed E-state index contributed by atoms with van der Waals surface area (Å²) in [5.41, 5.74) is 0.612. The van der Waals surface area contributed by atoms with E-state index in [2.05, 4.69) is 4.72 Å². The molecule has 2 atom stereocenters. The SMILES string of the molecule is C[C@H](OC(=O)[C@H]1COc2ccccc2O1)C(=O)c1ccc(NS(C)(=O)=O)cc1. The number of benzene rings is 2. The van der Waals surface area contributed by atoms with E-state index in [9.17, 15) is 18.0 Å². The Bertz CT molecular complexity index is 986. The number of esters is 1. The zero-order valence-electron chi connectivity index (χ0n) is 15.2. The summed E-state index contributed by atoms with van der Waals surface area (Å²) in [4.78, 5) is 24.8. The maximum absolute atomic E-state index is 12.5. The molecule has 0 fully saturated rings. The van der Waals surface area contributed by atoms with Crippen molar-refractivity contribution in [2.45, 2.75) is 19.1 Å². The average molecular weight is 405 g/mol. The van der Waals surface area contributed by atoms with Crippen molar-refractivity contribution in [1.82, 2.24) is 0 Å².